The van der Waals surface area contributed by atoms with Gasteiger partial charge in [0.15, 0.2) is 5.57 Å². The summed E-state index contributed by atoms with van der Waals surface area (Å²) >= 11 is 0. The van der Waals surface area contributed by atoms with Gasteiger partial charge in [0.25, 0.3) is 0 Å². The Balaban J connectivity index is 2.37. The van der Waals surface area contributed by atoms with E-state index >= 15 is 0 Å². The first kappa shape index (κ1) is 17.1. The van der Waals surface area contributed by atoms with Gasteiger partial charge in [-0.1, -0.05) is 12.1 Å². The molecule has 0 atom stereocenters. The van der Waals surface area contributed by atoms with Gasteiger partial charge in [-0.2, -0.15) is 15.8 Å². The van der Waals surface area contributed by atoms with Crippen molar-refractivity contribution in [1.82, 2.24) is 0 Å². The molecule has 0 aliphatic heterocycles. The summed E-state index contributed by atoms with van der Waals surface area (Å²) in [5.74, 6) is -0.266. The van der Waals surface area contributed by atoms with Gasteiger partial charge in [-0.05, 0) is 24.3 Å². The lowest BCUT2D eigenvalue weighted by Gasteiger charge is -1.99. The Kier molecular flexibility index (Phi) is 5.00. The van der Waals surface area contributed by atoms with E-state index in [0.29, 0.717) is 17.1 Å². The maximum absolute atomic E-state index is 10.9. The number of nitrogens with two attached hydrogens (primary N) is 1. The van der Waals surface area contributed by atoms with Gasteiger partial charge in [-0.3, -0.25) is 0 Å². The molecule has 0 aliphatic rings. The van der Waals surface area contributed by atoms with Crippen LogP contribution in [0.15, 0.2) is 57.7 Å². The van der Waals surface area contributed by atoms with Gasteiger partial charge in [-0.25, -0.2) is 4.79 Å². The maximum atomic E-state index is 10.9. The van der Waals surface area contributed by atoms with Crippen molar-refractivity contribution in [3.63, 3.8) is 0 Å². The molecule has 2 aromatic rings. The number of nitriles is 3. The molecule has 0 spiro atoms. The van der Waals surface area contributed by atoms with Crippen molar-refractivity contribution in [2.24, 2.45) is 5.73 Å². The minimum Gasteiger partial charge on any atom is -0.478 e. The van der Waals surface area contributed by atoms with Crippen LogP contribution in [-0.4, -0.2) is 11.1 Å². The summed E-state index contributed by atoms with van der Waals surface area (Å²) in [5.41, 5.74) is 5.81. The Morgan fingerprint density at radius 2 is 1.68 bits per heavy atom. The first-order valence-corrected chi connectivity index (χ1v) is 6.85. The number of carboxylic acid groups (broad SMARTS) is 1. The summed E-state index contributed by atoms with van der Waals surface area (Å²) in [5, 5.41) is 35.7. The summed E-state index contributed by atoms with van der Waals surface area (Å²) < 4.78 is 5.58. The third-order valence-corrected chi connectivity index (χ3v) is 3.23. The van der Waals surface area contributed by atoms with Crippen LogP contribution in [0.2, 0.25) is 0 Å². The van der Waals surface area contributed by atoms with Gasteiger partial charge in [0.05, 0.1) is 16.8 Å². The Hall–Kier alpha value is -4.28. The van der Waals surface area contributed by atoms with Crippen LogP contribution in [0.25, 0.3) is 17.4 Å². The lowest BCUT2D eigenvalue weighted by atomic mass is 10.1. The number of carboxylic acids is 1. The molecule has 0 saturated heterocycles. The average Bonchev–Trinajstić information content (AvgIpc) is 3.09. The van der Waals surface area contributed by atoms with Crippen LogP contribution in [0.3, 0.4) is 0 Å². The standard InChI is InChI=1S/C18H10N4O3/c19-8-13(17(22)14(9-20)10-21)7-15-5-6-16(25-15)11-1-3-12(4-2-11)18(23)24/h1-7H,22H2,(H,23,24). The zero-order chi connectivity index (χ0) is 18.4. The SMILES string of the molecule is N#CC(=Cc1ccc(-c2ccc(C(=O)O)cc2)o1)C(N)=C(C#N)C#N. The largest absolute Gasteiger partial charge is 0.478 e. The van der Waals surface area contributed by atoms with Crippen molar-refractivity contribution in [2.75, 3.05) is 0 Å². The molecule has 0 amide bonds. The minimum absolute atomic E-state index is 0.0692. The second kappa shape index (κ2) is 7.32. The molecule has 2 rings (SSSR count). The minimum atomic E-state index is -1.03. The molecule has 1 heterocycles. The van der Waals surface area contributed by atoms with E-state index < -0.39 is 5.97 Å². The van der Waals surface area contributed by atoms with Gasteiger partial charge in [-0.15, -0.1) is 0 Å². The van der Waals surface area contributed by atoms with E-state index in [9.17, 15) is 4.79 Å². The highest BCUT2D eigenvalue weighted by Crippen LogP contribution is 2.24. The molecule has 0 fully saturated rings. The van der Waals surface area contributed by atoms with Gasteiger partial charge in [0.1, 0.15) is 29.7 Å². The van der Waals surface area contributed by atoms with Crippen LogP contribution in [-0.2, 0) is 0 Å². The van der Waals surface area contributed by atoms with E-state index in [-0.39, 0.29) is 22.4 Å². The van der Waals surface area contributed by atoms with Crippen molar-refractivity contribution in [3.05, 3.63) is 64.6 Å². The van der Waals surface area contributed by atoms with Gasteiger partial charge < -0.3 is 15.3 Å². The first-order valence-electron chi connectivity index (χ1n) is 6.85. The highest BCUT2D eigenvalue weighted by Gasteiger charge is 2.10. The smallest absolute Gasteiger partial charge is 0.335 e. The lowest BCUT2D eigenvalue weighted by molar-refractivity contribution is 0.0697. The highest BCUT2D eigenvalue weighted by molar-refractivity contribution is 5.88. The molecule has 0 radical (unpaired) electrons. The fourth-order valence-corrected chi connectivity index (χ4v) is 1.96. The molecule has 25 heavy (non-hydrogen) atoms. The van der Waals surface area contributed by atoms with Crippen LogP contribution in [0.1, 0.15) is 16.1 Å². The Morgan fingerprint density at radius 3 is 2.20 bits per heavy atom. The fourth-order valence-electron chi connectivity index (χ4n) is 1.96. The van der Waals surface area contributed by atoms with E-state index in [0.717, 1.165) is 0 Å². The third kappa shape index (κ3) is 3.73. The van der Waals surface area contributed by atoms with Gasteiger partial charge >= 0.3 is 5.97 Å². The molecule has 0 bridgehead atoms. The number of aromatic carboxylic acids is 1. The number of rotatable bonds is 4. The summed E-state index contributed by atoms with van der Waals surface area (Å²) in [6, 6.07) is 14.4. The summed E-state index contributed by atoms with van der Waals surface area (Å²) in [6.45, 7) is 0. The van der Waals surface area contributed by atoms with Gasteiger partial charge in [0, 0.05) is 11.6 Å². The zero-order valence-electron chi connectivity index (χ0n) is 12.7. The Bertz CT molecular complexity index is 990. The van der Waals surface area contributed by atoms with E-state index in [2.05, 4.69) is 0 Å². The number of allylic oxidation sites excluding steroid dienone is 2. The predicted octanol–water partition coefficient (Wildman–Crippen LogP) is 2.81. The van der Waals surface area contributed by atoms with Crippen LogP contribution in [0.4, 0.5) is 0 Å². The van der Waals surface area contributed by atoms with E-state index in [1.165, 1.54) is 18.2 Å². The number of hydrogen-bond donors (Lipinski definition) is 2. The summed E-state index contributed by atoms with van der Waals surface area (Å²) in [7, 11) is 0. The molecule has 0 unspecified atom stereocenters. The molecule has 0 aliphatic carbocycles. The maximum Gasteiger partial charge on any atom is 0.335 e. The fraction of sp³-hybridized carbons (Fsp3) is 0. The second-order valence-corrected chi connectivity index (χ2v) is 4.77. The van der Waals surface area contributed by atoms with Crippen molar-refractivity contribution in [3.8, 4) is 29.5 Å². The van der Waals surface area contributed by atoms with Crippen LogP contribution in [0.5, 0.6) is 0 Å². The second-order valence-electron chi connectivity index (χ2n) is 4.77. The quantitative estimate of drug-likeness (QED) is 0.646. The molecule has 7 nitrogen and oxygen atoms in total. The van der Waals surface area contributed by atoms with Crippen molar-refractivity contribution in [2.45, 2.75) is 0 Å². The summed E-state index contributed by atoms with van der Waals surface area (Å²) in [4.78, 5) is 10.9. The molecule has 1 aromatic carbocycles. The predicted molar refractivity (Wildman–Crippen MR) is 87.1 cm³/mol. The summed E-state index contributed by atoms with van der Waals surface area (Å²) in [6.07, 6.45) is 1.32. The molecule has 7 heteroatoms. The van der Waals surface area contributed by atoms with Gasteiger partial charge in [0.2, 0.25) is 0 Å². The van der Waals surface area contributed by atoms with Crippen LogP contribution < -0.4 is 5.73 Å². The highest BCUT2D eigenvalue weighted by atomic mass is 16.4. The number of hydrogen-bond acceptors (Lipinski definition) is 6. The lowest BCUT2D eigenvalue weighted by Crippen LogP contribution is -2.03. The molecular formula is C18H10N4O3. The van der Waals surface area contributed by atoms with Crippen molar-refractivity contribution < 1.29 is 14.3 Å². The molecular weight excluding hydrogens is 320 g/mol. The van der Waals surface area contributed by atoms with Crippen LogP contribution >= 0.6 is 0 Å². The number of carbonyl (C=O) groups is 1. The average molecular weight is 330 g/mol. The van der Waals surface area contributed by atoms with Crippen molar-refractivity contribution >= 4 is 12.0 Å². The van der Waals surface area contributed by atoms with E-state index in [1.807, 2.05) is 6.07 Å². The van der Waals surface area contributed by atoms with E-state index in [1.54, 1.807) is 36.4 Å². The number of furan rings is 1. The van der Waals surface area contributed by atoms with Crippen LogP contribution in [0, 0.1) is 34.0 Å². The van der Waals surface area contributed by atoms with E-state index in [4.69, 9.17) is 31.0 Å². The Labute approximate surface area is 142 Å². The van der Waals surface area contributed by atoms with Crippen molar-refractivity contribution in [1.29, 1.82) is 15.8 Å². The molecule has 1 aromatic heterocycles. The number of benzene rings is 1. The third-order valence-electron chi connectivity index (χ3n) is 3.23. The topological polar surface area (TPSA) is 148 Å². The molecule has 120 valence electrons. The molecule has 0 saturated carbocycles. The Morgan fingerprint density at radius 1 is 1.04 bits per heavy atom. The first-order chi connectivity index (χ1) is 12.0. The number of nitrogens with zero attached hydrogens (tertiary/aromatic N) is 3. The zero-order valence-corrected chi connectivity index (χ0v) is 12.7. The normalized spacial score (nSPS) is 10.2. The monoisotopic (exact) mass is 330 g/mol. The molecule has 3 N–H and O–H groups in total.